The molecule has 168 valence electrons. The first-order valence-corrected chi connectivity index (χ1v) is 9.98. The van der Waals surface area contributed by atoms with E-state index < -0.39 is 23.6 Å². The summed E-state index contributed by atoms with van der Waals surface area (Å²) in [5.74, 6) is -0.787. The zero-order valence-corrected chi connectivity index (χ0v) is 18.4. The molecule has 0 bridgehead atoms. The van der Waals surface area contributed by atoms with Crippen molar-refractivity contribution in [3.63, 3.8) is 0 Å². The number of ether oxygens (including phenoxy) is 2. The predicted octanol–water partition coefficient (Wildman–Crippen LogP) is 3.03. The van der Waals surface area contributed by atoms with Crippen LogP contribution in [0.15, 0.2) is 36.7 Å². The molecule has 1 aromatic carbocycles. The van der Waals surface area contributed by atoms with Gasteiger partial charge in [0.1, 0.15) is 17.2 Å². The number of carbonyl (C=O) groups is 3. The summed E-state index contributed by atoms with van der Waals surface area (Å²) in [5.41, 5.74) is 0.149. The summed E-state index contributed by atoms with van der Waals surface area (Å²) in [6.07, 6.45) is 1.60. The van der Waals surface area contributed by atoms with Crippen LogP contribution in [0.25, 0.3) is 0 Å². The number of nitrogens with zero attached hydrogens (tertiary/aromatic N) is 2. The highest BCUT2D eigenvalue weighted by molar-refractivity contribution is 5.74. The number of imidazole rings is 1. The summed E-state index contributed by atoms with van der Waals surface area (Å²) in [5, 5.41) is 12.5. The van der Waals surface area contributed by atoms with Crippen molar-refractivity contribution >= 4 is 18.0 Å². The molecule has 0 aliphatic carbocycles. The molecule has 9 heteroatoms. The maximum atomic E-state index is 12.0. The molecule has 0 saturated carbocycles. The Hall–Kier alpha value is -3.20. The van der Waals surface area contributed by atoms with Gasteiger partial charge in [0.05, 0.1) is 18.4 Å². The minimum atomic E-state index is -1.16. The standard InChI is InChI=1S/C22H29N3O6/c1-14(2)20(27)30-16-8-6-15(7-9-16)17(19-24-10-11-25(19)21(28)29)12-23-13-18(26)31-22(3,4)5/h6-11,14,17,23H,12-13H2,1-5H3,(H,28,29). The molecule has 0 aliphatic rings. The number of carboxylic acid groups (broad SMARTS) is 1. The van der Waals surface area contributed by atoms with Gasteiger partial charge in [-0.1, -0.05) is 26.0 Å². The molecule has 9 nitrogen and oxygen atoms in total. The van der Waals surface area contributed by atoms with Crippen molar-refractivity contribution in [3.05, 3.63) is 48.0 Å². The normalized spacial score (nSPS) is 12.5. The summed E-state index contributed by atoms with van der Waals surface area (Å²) in [6, 6.07) is 6.77. The van der Waals surface area contributed by atoms with Crippen LogP contribution >= 0.6 is 0 Å². The van der Waals surface area contributed by atoms with E-state index in [1.807, 2.05) is 0 Å². The Labute approximate surface area is 181 Å². The first kappa shape index (κ1) is 24.1. The highest BCUT2D eigenvalue weighted by Gasteiger charge is 2.23. The Bertz CT molecular complexity index is 912. The Morgan fingerprint density at radius 2 is 1.81 bits per heavy atom. The summed E-state index contributed by atoms with van der Waals surface area (Å²) in [7, 11) is 0. The molecule has 0 fully saturated rings. The second kappa shape index (κ2) is 10.2. The van der Waals surface area contributed by atoms with Crippen LogP contribution in [0.3, 0.4) is 0 Å². The number of esters is 2. The lowest BCUT2D eigenvalue weighted by atomic mass is 9.97. The molecule has 0 amide bonds. The average Bonchev–Trinajstić information content (AvgIpc) is 3.14. The Balaban J connectivity index is 2.20. The van der Waals surface area contributed by atoms with Crippen LogP contribution in [0.2, 0.25) is 0 Å². The van der Waals surface area contributed by atoms with E-state index in [0.717, 1.165) is 10.1 Å². The van der Waals surface area contributed by atoms with E-state index in [2.05, 4.69) is 10.3 Å². The van der Waals surface area contributed by atoms with Gasteiger partial charge in [0.25, 0.3) is 0 Å². The summed E-state index contributed by atoms with van der Waals surface area (Å²) >= 11 is 0. The third kappa shape index (κ3) is 7.21. The zero-order chi connectivity index (χ0) is 23.2. The van der Waals surface area contributed by atoms with E-state index in [-0.39, 0.29) is 25.0 Å². The first-order chi connectivity index (χ1) is 14.5. The van der Waals surface area contributed by atoms with Crippen molar-refractivity contribution in [1.29, 1.82) is 0 Å². The van der Waals surface area contributed by atoms with Crippen molar-refractivity contribution < 1.29 is 29.0 Å². The highest BCUT2D eigenvalue weighted by atomic mass is 16.6. The molecule has 2 N–H and O–H groups in total. The topological polar surface area (TPSA) is 120 Å². The SMILES string of the molecule is CC(C)C(=O)Oc1ccc(C(CNCC(=O)OC(C)(C)C)c2nccn2C(=O)O)cc1. The van der Waals surface area contributed by atoms with Gasteiger partial charge in [-0.2, -0.15) is 0 Å². The van der Waals surface area contributed by atoms with Crippen molar-refractivity contribution in [2.75, 3.05) is 13.1 Å². The summed E-state index contributed by atoms with van der Waals surface area (Å²) in [6.45, 7) is 9.05. The van der Waals surface area contributed by atoms with Gasteiger partial charge in [-0.25, -0.2) is 14.3 Å². The maximum absolute atomic E-state index is 12.0. The van der Waals surface area contributed by atoms with Crippen molar-refractivity contribution in [2.24, 2.45) is 5.92 Å². The fourth-order valence-corrected chi connectivity index (χ4v) is 2.79. The van der Waals surface area contributed by atoms with Gasteiger partial charge in [-0.05, 0) is 38.5 Å². The molecule has 2 aromatic rings. The van der Waals surface area contributed by atoms with Crippen LogP contribution in [-0.2, 0) is 14.3 Å². The summed E-state index contributed by atoms with van der Waals surface area (Å²) in [4.78, 5) is 39.6. The van der Waals surface area contributed by atoms with Gasteiger partial charge in [0.15, 0.2) is 0 Å². The van der Waals surface area contributed by atoms with Gasteiger partial charge < -0.3 is 19.9 Å². The maximum Gasteiger partial charge on any atom is 0.417 e. The molecule has 31 heavy (non-hydrogen) atoms. The van der Waals surface area contributed by atoms with E-state index in [1.165, 1.54) is 12.4 Å². The molecule has 2 rings (SSSR count). The number of benzene rings is 1. The highest BCUT2D eigenvalue weighted by Crippen LogP contribution is 2.25. The van der Waals surface area contributed by atoms with E-state index in [9.17, 15) is 19.5 Å². The summed E-state index contributed by atoms with van der Waals surface area (Å²) < 4.78 is 11.6. The van der Waals surface area contributed by atoms with Crippen LogP contribution in [0, 0.1) is 5.92 Å². The predicted molar refractivity (Wildman–Crippen MR) is 113 cm³/mol. The van der Waals surface area contributed by atoms with Gasteiger partial charge in [-0.3, -0.25) is 9.59 Å². The van der Waals surface area contributed by atoms with Crippen LogP contribution in [-0.4, -0.2) is 51.4 Å². The Morgan fingerprint density at radius 1 is 1.16 bits per heavy atom. The van der Waals surface area contributed by atoms with Gasteiger partial charge in [-0.15, -0.1) is 0 Å². The van der Waals surface area contributed by atoms with Crippen molar-refractivity contribution in [3.8, 4) is 5.75 Å². The van der Waals surface area contributed by atoms with Crippen molar-refractivity contribution in [1.82, 2.24) is 14.9 Å². The lowest BCUT2D eigenvalue weighted by Crippen LogP contribution is -2.34. The second-order valence-corrected chi connectivity index (χ2v) is 8.35. The van der Waals surface area contributed by atoms with Crippen LogP contribution in [0.1, 0.15) is 51.9 Å². The molecule has 1 unspecified atom stereocenters. The minimum absolute atomic E-state index is 0.0361. The van der Waals surface area contributed by atoms with E-state index in [4.69, 9.17) is 9.47 Å². The van der Waals surface area contributed by atoms with Crippen LogP contribution < -0.4 is 10.1 Å². The van der Waals surface area contributed by atoms with Gasteiger partial charge in [0, 0.05) is 18.9 Å². The fourth-order valence-electron chi connectivity index (χ4n) is 2.79. The van der Waals surface area contributed by atoms with E-state index in [0.29, 0.717) is 11.6 Å². The largest absolute Gasteiger partial charge is 0.464 e. The number of carbonyl (C=O) groups excluding carboxylic acids is 2. The first-order valence-electron chi connectivity index (χ1n) is 9.98. The monoisotopic (exact) mass is 431 g/mol. The number of hydrogen-bond donors (Lipinski definition) is 2. The fraction of sp³-hybridized carbons (Fsp3) is 0.455. The zero-order valence-electron chi connectivity index (χ0n) is 18.4. The van der Waals surface area contributed by atoms with E-state index in [1.54, 1.807) is 58.9 Å². The molecule has 0 aliphatic heterocycles. The second-order valence-electron chi connectivity index (χ2n) is 8.35. The number of nitrogens with one attached hydrogen (secondary N) is 1. The molecule has 0 spiro atoms. The third-order valence-corrected chi connectivity index (χ3v) is 4.20. The molecular formula is C22H29N3O6. The molecule has 1 heterocycles. The third-order valence-electron chi connectivity index (χ3n) is 4.20. The lowest BCUT2D eigenvalue weighted by molar-refractivity contribution is -0.153. The lowest BCUT2D eigenvalue weighted by Gasteiger charge is -2.21. The van der Waals surface area contributed by atoms with Gasteiger partial charge >= 0.3 is 18.0 Å². The Kier molecular flexibility index (Phi) is 7.93. The van der Waals surface area contributed by atoms with Crippen molar-refractivity contribution in [2.45, 2.75) is 46.1 Å². The molecule has 1 atom stereocenters. The quantitative estimate of drug-likeness (QED) is 0.483. The molecular weight excluding hydrogens is 402 g/mol. The Morgan fingerprint density at radius 3 is 2.35 bits per heavy atom. The molecule has 1 aromatic heterocycles. The van der Waals surface area contributed by atoms with E-state index >= 15 is 0 Å². The minimum Gasteiger partial charge on any atom is -0.464 e. The molecule has 0 radical (unpaired) electrons. The molecule has 0 saturated heterocycles. The van der Waals surface area contributed by atoms with Crippen LogP contribution in [0.5, 0.6) is 5.75 Å². The number of rotatable bonds is 8. The average molecular weight is 431 g/mol. The van der Waals surface area contributed by atoms with Crippen LogP contribution in [0.4, 0.5) is 4.79 Å². The smallest absolute Gasteiger partial charge is 0.417 e. The number of aromatic nitrogens is 2. The number of hydrogen-bond acceptors (Lipinski definition) is 7. The van der Waals surface area contributed by atoms with Gasteiger partial charge in [0.2, 0.25) is 0 Å².